The molecular formula is C18H21ClN2O. The summed E-state index contributed by atoms with van der Waals surface area (Å²) >= 11 is 5.81. The highest BCUT2D eigenvalue weighted by Crippen LogP contribution is 2.16. The van der Waals surface area contributed by atoms with Gasteiger partial charge in [-0.3, -0.25) is 4.79 Å². The lowest BCUT2D eigenvalue weighted by Crippen LogP contribution is -2.26. The molecule has 1 N–H and O–H groups in total. The first-order valence-corrected chi connectivity index (χ1v) is 7.84. The Balaban J connectivity index is 2.02. The Morgan fingerprint density at radius 1 is 1.18 bits per heavy atom. The van der Waals surface area contributed by atoms with E-state index in [1.54, 1.807) is 12.1 Å². The van der Waals surface area contributed by atoms with Gasteiger partial charge in [0.05, 0.1) is 6.04 Å². The van der Waals surface area contributed by atoms with Crippen molar-refractivity contribution in [3.05, 3.63) is 64.4 Å². The molecule has 116 valence electrons. The molecule has 1 atom stereocenters. The highest BCUT2D eigenvalue weighted by atomic mass is 35.5. The number of aromatic nitrogens is 1. The monoisotopic (exact) mass is 316 g/mol. The fourth-order valence-corrected chi connectivity index (χ4v) is 2.49. The smallest absolute Gasteiger partial charge is 0.251 e. The van der Waals surface area contributed by atoms with Gasteiger partial charge in [-0.25, -0.2) is 4.98 Å². The standard InChI is InChI=1S/C18H21ClN2O/c1-12(2)10-14-4-6-15(7-5-14)13(3)21-18(22)16-8-9-20-17(19)11-16/h4-9,11-13H,10H2,1-3H3,(H,21,22)/t13-/m0/s1. The van der Waals surface area contributed by atoms with Crippen molar-refractivity contribution < 1.29 is 4.79 Å². The number of hydrogen-bond donors (Lipinski definition) is 1. The predicted molar refractivity (Wildman–Crippen MR) is 90.1 cm³/mol. The molecule has 1 aromatic heterocycles. The van der Waals surface area contributed by atoms with E-state index in [1.807, 2.05) is 6.92 Å². The van der Waals surface area contributed by atoms with Crippen LogP contribution in [0.3, 0.4) is 0 Å². The fraction of sp³-hybridized carbons (Fsp3) is 0.333. The summed E-state index contributed by atoms with van der Waals surface area (Å²) in [6, 6.07) is 11.6. The molecule has 0 fully saturated rings. The number of benzene rings is 1. The van der Waals surface area contributed by atoms with Gasteiger partial charge in [0, 0.05) is 11.8 Å². The molecule has 0 aliphatic heterocycles. The van der Waals surface area contributed by atoms with Crippen LogP contribution in [0.4, 0.5) is 0 Å². The van der Waals surface area contributed by atoms with Gasteiger partial charge in [0.1, 0.15) is 5.15 Å². The van der Waals surface area contributed by atoms with E-state index in [0.29, 0.717) is 16.6 Å². The highest BCUT2D eigenvalue weighted by molar-refractivity contribution is 6.29. The van der Waals surface area contributed by atoms with E-state index in [1.165, 1.54) is 11.8 Å². The topological polar surface area (TPSA) is 42.0 Å². The molecule has 0 radical (unpaired) electrons. The van der Waals surface area contributed by atoms with Crippen molar-refractivity contribution in [1.29, 1.82) is 0 Å². The van der Waals surface area contributed by atoms with Gasteiger partial charge in [0.25, 0.3) is 5.91 Å². The number of carbonyl (C=O) groups excluding carboxylic acids is 1. The van der Waals surface area contributed by atoms with Crippen molar-refractivity contribution in [2.45, 2.75) is 33.2 Å². The van der Waals surface area contributed by atoms with Crippen molar-refractivity contribution >= 4 is 17.5 Å². The third kappa shape index (κ3) is 4.57. The molecule has 0 aliphatic carbocycles. The van der Waals surface area contributed by atoms with E-state index in [9.17, 15) is 4.79 Å². The molecule has 0 spiro atoms. The molecule has 4 heteroatoms. The largest absolute Gasteiger partial charge is 0.346 e. The van der Waals surface area contributed by atoms with Crippen molar-refractivity contribution in [2.75, 3.05) is 0 Å². The van der Waals surface area contributed by atoms with Crippen LogP contribution < -0.4 is 5.32 Å². The van der Waals surface area contributed by atoms with Crippen LogP contribution in [0, 0.1) is 5.92 Å². The van der Waals surface area contributed by atoms with E-state index in [2.05, 4.69) is 48.4 Å². The van der Waals surface area contributed by atoms with Gasteiger partial charge in [-0.1, -0.05) is 49.7 Å². The van der Waals surface area contributed by atoms with E-state index in [-0.39, 0.29) is 11.9 Å². The number of rotatable bonds is 5. The third-order valence-electron chi connectivity index (χ3n) is 3.46. The van der Waals surface area contributed by atoms with Gasteiger partial charge < -0.3 is 5.32 Å². The van der Waals surface area contributed by atoms with E-state index in [4.69, 9.17) is 11.6 Å². The van der Waals surface area contributed by atoms with Crippen LogP contribution >= 0.6 is 11.6 Å². The van der Waals surface area contributed by atoms with Crippen molar-refractivity contribution in [3.63, 3.8) is 0 Å². The minimum absolute atomic E-state index is 0.0625. The summed E-state index contributed by atoms with van der Waals surface area (Å²) in [6.45, 7) is 6.38. The number of pyridine rings is 1. The zero-order chi connectivity index (χ0) is 16.1. The average molecular weight is 317 g/mol. The molecule has 1 amide bonds. The highest BCUT2D eigenvalue weighted by Gasteiger charge is 2.12. The summed E-state index contributed by atoms with van der Waals surface area (Å²) in [5.74, 6) is 0.488. The van der Waals surface area contributed by atoms with Gasteiger partial charge in [0.15, 0.2) is 0 Å². The quantitative estimate of drug-likeness (QED) is 0.829. The SMILES string of the molecule is CC(C)Cc1ccc([C@H](C)NC(=O)c2ccnc(Cl)c2)cc1. The Morgan fingerprint density at radius 3 is 2.45 bits per heavy atom. The minimum atomic E-state index is -0.150. The number of amides is 1. The Bertz CT molecular complexity index is 638. The number of hydrogen-bond acceptors (Lipinski definition) is 2. The minimum Gasteiger partial charge on any atom is -0.346 e. The zero-order valence-corrected chi connectivity index (χ0v) is 13.9. The molecule has 2 aromatic rings. The van der Waals surface area contributed by atoms with Gasteiger partial charge in [0.2, 0.25) is 0 Å². The summed E-state index contributed by atoms with van der Waals surface area (Å²) in [7, 11) is 0. The van der Waals surface area contributed by atoms with Crippen LogP contribution in [0.2, 0.25) is 5.15 Å². The van der Waals surface area contributed by atoms with E-state index < -0.39 is 0 Å². The Hall–Kier alpha value is -1.87. The molecule has 0 unspecified atom stereocenters. The maximum Gasteiger partial charge on any atom is 0.251 e. The summed E-state index contributed by atoms with van der Waals surface area (Å²) in [5, 5.41) is 3.29. The van der Waals surface area contributed by atoms with Crippen molar-refractivity contribution in [3.8, 4) is 0 Å². The molecule has 0 bridgehead atoms. The van der Waals surface area contributed by atoms with Gasteiger partial charge in [-0.15, -0.1) is 0 Å². The lowest BCUT2D eigenvalue weighted by molar-refractivity contribution is 0.0940. The first-order valence-electron chi connectivity index (χ1n) is 7.47. The second-order valence-electron chi connectivity index (χ2n) is 5.90. The van der Waals surface area contributed by atoms with Crippen LogP contribution in [0.1, 0.15) is 48.3 Å². The maximum atomic E-state index is 12.2. The Kier molecular flexibility index (Phi) is 5.56. The molecule has 0 saturated heterocycles. The molecule has 1 heterocycles. The molecule has 1 aromatic carbocycles. The van der Waals surface area contributed by atoms with E-state index >= 15 is 0 Å². The van der Waals surface area contributed by atoms with Crippen LogP contribution in [0.25, 0.3) is 0 Å². The summed E-state index contributed by atoms with van der Waals surface area (Å²) in [4.78, 5) is 16.1. The average Bonchev–Trinajstić information content (AvgIpc) is 2.47. The normalized spacial score (nSPS) is 12.2. The first kappa shape index (κ1) is 16.5. The van der Waals surface area contributed by atoms with Crippen molar-refractivity contribution in [2.24, 2.45) is 5.92 Å². The predicted octanol–water partition coefficient (Wildman–Crippen LogP) is 4.42. The molecule has 0 saturated carbocycles. The third-order valence-corrected chi connectivity index (χ3v) is 3.67. The molecular weight excluding hydrogens is 296 g/mol. The molecule has 22 heavy (non-hydrogen) atoms. The molecule has 0 aliphatic rings. The van der Waals surface area contributed by atoms with Crippen LogP contribution in [0.15, 0.2) is 42.6 Å². The Morgan fingerprint density at radius 2 is 1.86 bits per heavy atom. The molecule has 2 rings (SSSR count). The Labute approximate surface area is 136 Å². The number of halogens is 1. The number of nitrogens with zero attached hydrogens (tertiary/aromatic N) is 1. The number of carbonyl (C=O) groups is 1. The zero-order valence-electron chi connectivity index (χ0n) is 13.1. The summed E-state index contributed by atoms with van der Waals surface area (Å²) < 4.78 is 0. The lowest BCUT2D eigenvalue weighted by atomic mass is 10.00. The summed E-state index contributed by atoms with van der Waals surface area (Å²) in [5.41, 5.74) is 2.92. The fourth-order valence-electron chi connectivity index (χ4n) is 2.32. The first-order chi connectivity index (χ1) is 10.5. The lowest BCUT2D eigenvalue weighted by Gasteiger charge is -2.15. The summed E-state index contributed by atoms with van der Waals surface area (Å²) in [6.07, 6.45) is 2.60. The van der Waals surface area contributed by atoms with Crippen molar-refractivity contribution in [1.82, 2.24) is 10.3 Å². The second kappa shape index (κ2) is 7.41. The van der Waals surface area contributed by atoms with Gasteiger partial charge in [-0.2, -0.15) is 0 Å². The van der Waals surface area contributed by atoms with Crippen LogP contribution in [0.5, 0.6) is 0 Å². The van der Waals surface area contributed by atoms with Crippen LogP contribution in [-0.4, -0.2) is 10.9 Å². The molecule has 3 nitrogen and oxygen atoms in total. The van der Waals surface area contributed by atoms with E-state index in [0.717, 1.165) is 12.0 Å². The van der Waals surface area contributed by atoms with Gasteiger partial charge in [-0.05, 0) is 42.5 Å². The number of nitrogens with one attached hydrogen (secondary N) is 1. The van der Waals surface area contributed by atoms with Gasteiger partial charge >= 0.3 is 0 Å². The maximum absolute atomic E-state index is 12.2. The van der Waals surface area contributed by atoms with Crippen LogP contribution in [-0.2, 0) is 6.42 Å². The second-order valence-corrected chi connectivity index (χ2v) is 6.29.